The third-order valence-corrected chi connectivity index (χ3v) is 5.39. The number of nitrogens with zero attached hydrogens (tertiary/aromatic N) is 4. The van der Waals surface area contributed by atoms with Crippen molar-refractivity contribution >= 4 is 39.0 Å². The molecule has 1 fully saturated rings. The van der Waals surface area contributed by atoms with Crippen LogP contribution in [0.15, 0.2) is 42.0 Å². The molecule has 0 atom stereocenters. The fourth-order valence-electron chi connectivity index (χ4n) is 3.09. The number of amides is 1. The highest BCUT2D eigenvalue weighted by molar-refractivity contribution is 7.17. The smallest absolute Gasteiger partial charge is 0.227 e. The number of hydrogen-bond acceptors (Lipinski definition) is 6. The van der Waals surface area contributed by atoms with Gasteiger partial charge in [-0.1, -0.05) is 12.1 Å². The fraction of sp³-hybridized carbons (Fsp3) is 0.278. The molecule has 0 unspecified atom stereocenters. The Balaban J connectivity index is 1.40. The summed E-state index contributed by atoms with van der Waals surface area (Å²) in [6.45, 7) is 3.00. The standard InChI is InChI=1S/C18H19N5OS/c19-14-3-1-13(2-4-14)11-16(24)22-6-8-23(9-7-22)18-17-15(5-10-25-17)20-12-21-18/h1-5,10,12H,6-9,11,19H2. The van der Waals surface area contributed by atoms with Crippen molar-refractivity contribution in [1.82, 2.24) is 14.9 Å². The highest BCUT2D eigenvalue weighted by Crippen LogP contribution is 2.28. The van der Waals surface area contributed by atoms with Crippen LogP contribution in [0.1, 0.15) is 5.56 Å². The molecule has 3 heterocycles. The quantitative estimate of drug-likeness (QED) is 0.731. The average molecular weight is 353 g/mol. The zero-order valence-corrected chi connectivity index (χ0v) is 14.6. The maximum atomic E-state index is 12.5. The molecule has 128 valence electrons. The molecule has 0 saturated carbocycles. The Hall–Kier alpha value is -2.67. The Morgan fingerprint density at radius 1 is 1.08 bits per heavy atom. The third-order valence-electron chi connectivity index (χ3n) is 4.49. The Kier molecular flexibility index (Phi) is 4.23. The summed E-state index contributed by atoms with van der Waals surface area (Å²) in [7, 11) is 0. The van der Waals surface area contributed by atoms with Gasteiger partial charge in [0.1, 0.15) is 12.1 Å². The Morgan fingerprint density at radius 3 is 2.60 bits per heavy atom. The van der Waals surface area contributed by atoms with Crippen molar-refractivity contribution in [3.63, 3.8) is 0 Å². The van der Waals surface area contributed by atoms with Crippen LogP contribution in [-0.2, 0) is 11.2 Å². The highest BCUT2D eigenvalue weighted by Gasteiger charge is 2.23. The zero-order chi connectivity index (χ0) is 17.2. The first kappa shape index (κ1) is 15.8. The molecule has 2 N–H and O–H groups in total. The van der Waals surface area contributed by atoms with Crippen LogP contribution in [0.2, 0.25) is 0 Å². The number of hydrogen-bond donors (Lipinski definition) is 1. The van der Waals surface area contributed by atoms with Crippen molar-refractivity contribution in [1.29, 1.82) is 0 Å². The number of carbonyl (C=O) groups excluding carboxylic acids is 1. The summed E-state index contributed by atoms with van der Waals surface area (Å²) < 4.78 is 1.11. The molecular formula is C18H19N5OS. The molecule has 1 aliphatic heterocycles. The minimum absolute atomic E-state index is 0.161. The lowest BCUT2D eigenvalue weighted by Gasteiger charge is -2.35. The molecule has 4 rings (SSSR count). The van der Waals surface area contributed by atoms with Crippen LogP contribution in [0.4, 0.5) is 11.5 Å². The summed E-state index contributed by atoms with van der Waals surface area (Å²) in [6.07, 6.45) is 2.03. The van der Waals surface area contributed by atoms with Crippen molar-refractivity contribution in [3.05, 3.63) is 47.6 Å². The van der Waals surface area contributed by atoms with Gasteiger partial charge in [0, 0.05) is 31.9 Å². The summed E-state index contributed by atoms with van der Waals surface area (Å²) >= 11 is 1.66. The minimum atomic E-state index is 0.161. The molecule has 0 radical (unpaired) electrons. The first-order valence-corrected chi connectivity index (χ1v) is 9.14. The van der Waals surface area contributed by atoms with Crippen LogP contribution in [0, 0.1) is 0 Å². The number of rotatable bonds is 3. The van der Waals surface area contributed by atoms with Gasteiger partial charge in [-0.15, -0.1) is 11.3 Å². The lowest BCUT2D eigenvalue weighted by Crippen LogP contribution is -2.49. The van der Waals surface area contributed by atoms with Gasteiger partial charge in [0.05, 0.1) is 16.6 Å². The van der Waals surface area contributed by atoms with E-state index in [0.717, 1.165) is 40.4 Å². The summed E-state index contributed by atoms with van der Waals surface area (Å²) in [5.41, 5.74) is 8.39. The Morgan fingerprint density at radius 2 is 1.84 bits per heavy atom. The number of nitrogen functional groups attached to an aromatic ring is 1. The van der Waals surface area contributed by atoms with E-state index in [-0.39, 0.29) is 5.91 Å². The van der Waals surface area contributed by atoms with E-state index in [1.54, 1.807) is 17.7 Å². The Labute approximate surface area is 149 Å². The van der Waals surface area contributed by atoms with Gasteiger partial charge in [-0.3, -0.25) is 4.79 Å². The molecule has 3 aromatic rings. The van der Waals surface area contributed by atoms with E-state index < -0.39 is 0 Å². The molecule has 1 aromatic carbocycles. The van der Waals surface area contributed by atoms with Gasteiger partial charge in [-0.25, -0.2) is 9.97 Å². The number of piperazine rings is 1. The Bertz CT molecular complexity index is 884. The van der Waals surface area contributed by atoms with Gasteiger partial charge in [0.15, 0.2) is 0 Å². The molecule has 0 aliphatic carbocycles. The van der Waals surface area contributed by atoms with E-state index in [4.69, 9.17) is 5.73 Å². The highest BCUT2D eigenvalue weighted by atomic mass is 32.1. The van der Waals surface area contributed by atoms with Gasteiger partial charge >= 0.3 is 0 Å². The van der Waals surface area contributed by atoms with Gasteiger partial charge in [0.25, 0.3) is 0 Å². The molecule has 7 heteroatoms. The zero-order valence-electron chi connectivity index (χ0n) is 13.8. The summed E-state index contributed by atoms with van der Waals surface area (Å²) in [6, 6.07) is 9.51. The number of thiophene rings is 1. The normalized spacial score (nSPS) is 14.9. The second kappa shape index (κ2) is 6.68. The average Bonchev–Trinajstić information content (AvgIpc) is 3.12. The summed E-state index contributed by atoms with van der Waals surface area (Å²) in [5, 5.41) is 2.04. The van der Waals surface area contributed by atoms with Crippen LogP contribution in [0.25, 0.3) is 10.2 Å². The van der Waals surface area contributed by atoms with Crippen molar-refractivity contribution < 1.29 is 4.79 Å². The number of aromatic nitrogens is 2. The van der Waals surface area contributed by atoms with Crippen molar-refractivity contribution in [3.8, 4) is 0 Å². The lowest BCUT2D eigenvalue weighted by atomic mass is 10.1. The molecular weight excluding hydrogens is 334 g/mol. The minimum Gasteiger partial charge on any atom is -0.399 e. The van der Waals surface area contributed by atoms with Crippen molar-refractivity contribution in [2.45, 2.75) is 6.42 Å². The van der Waals surface area contributed by atoms with Gasteiger partial charge in [-0.2, -0.15) is 0 Å². The molecule has 25 heavy (non-hydrogen) atoms. The maximum absolute atomic E-state index is 12.5. The molecule has 6 nitrogen and oxygen atoms in total. The maximum Gasteiger partial charge on any atom is 0.227 e. The van der Waals surface area contributed by atoms with E-state index in [1.165, 1.54) is 0 Å². The van der Waals surface area contributed by atoms with Gasteiger partial charge < -0.3 is 15.5 Å². The number of fused-ring (bicyclic) bond motifs is 1. The second-order valence-corrected chi connectivity index (χ2v) is 7.03. The summed E-state index contributed by atoms with van der Waals surface area (Å²) in [5.74, 6) is 1.14. The molecule has 1 saturated heterocycles. The molecule has 2 aromatic heterocycles. The van der Waals surface area contributed by atoms with Gasteiger partial charge in [0.2, 0.25) is 5.91 Å². The first-order chi connectivity index (χ1) is 12.2. The molecule has 1 amide bonds. The van der Waals surface area contributed by atoms with Gasteiger partial charge in [-0.05, 0) is 29.1 Å². The monoisotopic (exact) mass is 353 g/mol. The number of nitrogens with two attached hydrogens (primary N) is 1. The van der Waals surface area contributed by atoms with E-state index in [2.05, 4.69) is 14.9 Å². The van der Waals surface area contributed by atoms with Crippen LogP contribution >= 0.6 is 11.3 Å². The van der Waals surface area contributed by atoms with E-state index in [1.807, 2.05) is 40.6 Å². The lowest BCUT2D eigenvalue weighted by molar-refractivity contribution is -0.130. The number of benzene rings is 1. The largest absolute Gasteiger partial charge is 0.399 e. The van der Waals surface area contributed by atoms with E-state index in [9.17, 15) is 4.79 Å². The fourth-order valence-corrected chi connectivity index (χ4v) is 3.95. The van der Waals surface area contributed by atoms with Crippen LogP contribution in [-0.4, -0.2) is 47.0 Å². The SMILES string of the molecule is Nc1ccc(CC(=O)N2CCN(c3ncnc4ccsc34)CC2)cc1. The van der Waals surface area contributed by atoms with E-state index >= 15 is 0 Å². The number of anilines is 2. The van der Waals surface area contributed by atoms with Crippen LogP contribution < -0.4 is 10.6 Å². The topological polar surface area (TPSA) is 75.4 Å². The van der Waals surface area contributed by atoms with E-state index in [0.29, 0.717) is 19.5 Å². The number of carbonyl (C=O) groups is 1. The first-order valence-electron chi connectivity index (χ1n) is 8.26. The van der Waals surface area contributed by atoms with Crippen LogP contribution in [0.5, 0.6) is 0 Å². The molecule has 0 bridgehead atoms. The molecule has 0 spiro atoms. The van der Waals surface area contributed by atoms with Crippen LogP contribution in [0.3, 0.4) is 0 Å². The third kappa shape index (κ3) is 3.28. The predicted molar refractivity (Wildman–Crippen MR) is 101 cm³/mol. The second-order valence-electron chi connectivity index (χ2n) is 6.12. The molecule has 1 aliphatic rings. The summed E-state index contributed by atoms with van der Waals surface area (Å²) in [4.78, 5) is 25.4. The van der Waals surface area contributed by atoms with Crippen molar-refractivity contribution in [2.24, 2.45) is 0 Å². The predicted octanol–water partition coefficient (Wildman–Crippen LogP) is 2.16. The van der Waals surface area contributed by atoms with Crippen molar-refractivity contribution in [2.75, 3.05) is 36.8 Å².